The van der Waals surface area contributed by atoms with E-state index in [0.29, 0.717) is 17.1 Å². The van der Waals surface area contributed by atoms with Crippen LogP contribution in [0.4, 0.5) is 0 Å². The number of carbonyl (C=O) groups excluding carboxylic acids is 1. The molecule has 0 unspecified atom stereocenters. The number of nitrogens with zero attached hydrogens (tertiary/aromatic N) is 1. The molecule has 1 aliphatic rings. The van der Waals surface area contributed by atoms with Crippen molar-refractivity contribution in [2.45, 2.75) is 0 Å². The quantitative estimate of drug-likeness (QED) is 0.591. The second-order valence-corrected chi connectivity index (χ2v) is 5.87. The van der Waals surface area contributed by atoms with Gasteiger partial charge in [-0.05, 0) is 48.5 Å². The van der Waals surface area contributed by atoms with Crippen LogP contribution < -0.4 is 9.47 Å². The summed E-state index contributed by atoms with van der Waals surface area (Å²) in [5.74, 6) is 1.05. The Balaban J connectivity index is 1.98. The molecule has 5 nitrogen and oxygen atoms in total. The minimum Gasteiger partial charge on any atom is -0.497 e. The lowest BCUT2D eigenvalue weighted by molar-refractivity contribution is -0.129. The van der Waals surface area contributed by atoms with Crippen LogP contribution in [0.5, 0.6) is 11.5 Å². The molecule has 0 aromatic heterocycles. The van der Waals surface area contributed by atoms with E-state index in [1.807, 2.05) is 24.3 Å². The van der Waals surface area contributed by atoms with E-state index in [-0.39, 0.29) is 11.6 Å². The van der Waals surface area contributed by atoms with Crippen LogP contribution in [0.3, 0.4) is 0 Å². The standard InChI is InChI=1S/C18H14BrNO4/c1-22-14-7-8-16(23-2)12(9-14)10-15-18(21)24-17(20-15)11-3-5-13(19)6-4-11/h3-10H,1-2H3/b15-10-. The summed E-state index contributed by atoms with van der Waals surface area (Å²) in [6, 6.07) is 12.7. The van der Waals surface area contributed by atoms with E-state index in [9.17, 15) is 4.79 Å². The fourth-order valence-corrected chi connectivity index (χ4v) is 2.49. The molecule has 0 bridgehead atoms. The molecular weight excluding hydrogens is 374 g/mol. The minimum absolute atomic E-state index is 0.208. The van der Waals surface area contributed by atoms with Crippen LogP contribution in [0.1, 0.15) is 11.1 Å². The van der Waals surface area contributed by atoms with Crippen molar-refractivity contribution in [3.63, 3.8) is 0 Å². The van der Waals surface area contributed by atoms with Gasteiger partial charge in [0.1, 0.15) is 11.5 Å². The van der Waals surface area contributed by atoms with Crippen LogP contribution in [0.2, 0.25) is 0 Å². The SMILES string of the molecule is COc1ccc(OC)c(/C=C2\N=C(c3ccc(Br)cc3)OC2=O)c1. The van der Waals surface area contributed by atoms with E-state index in [1.54, 1.807) is 38.5 Å². The summed E-state index contributed by atoms with van der Waals surface area (Å²) in [4.78, 5) is 16.4. The Hall–Kier alpha value is -2.60. The molecule has 122 valence electrons. The predicted octanol–water partition coefficient (Wildman–Crippen LogP) is 3.81. The third-order valence-corrected chi connectivity index (χ3v) is 3.97. The maximum Gasteiger partial charge on any atom is 0.363 e. The Morgan fingerprint density at radius 3 is 2.50 bits per heavy atom. The molecule has 6 heteroatoms. The van der Waals surface area contributed by atoms with Crippen LogP contribution in [0, 0.1) is 0 Å². The number of hydrogen-bond donors (Lipinski definition) is 0. The molecule has 2 aromatic rings. The van der Waals surface area contributed by atoms with Crippen molar-refractivity contribution in [2.24, 2.45) is 4.99 Å². The molecule has 2 aromatic carbocycles. The number of methoxy groups -OCH3 is 2. The fraction of sp³-hybridized carbons (Fsp3) is 0.111. The van der Waals surface area contributed by atoms with E-state index in [4.69, 9.17) is 14.2 Å². The molecule has 0 amide bonds. The van der Waals surface area contributed by atoms with E-state index >= 15 is 0 Å². The summed E-state index contributed by atoms with van der Waals surface area (Å²) in [5, 5.41) is 0. The third kappa shape index (κ3) is 3.33. The van der Waals surface area contributed by atoms with Gasteiger partial charge in [0, 0.05) is 15.6 Å². The predicted molar refractivity (Wildman–Crippen MR) is 94.3 cm³/mol. The van der Waals surface area contributed by atoms with E-state index in [0.717, 1.165) is 10.0 Å². The normalized spacial score (nSPS) is 15.2. The fourth-order valence-electron chi connectivity index (χ4n) is 2.22. The maximum absolute atomic E-state index is 12.1. The van der Waals surface area contributed by atoms with Gasteiger partial charge in [0.2, 0.25) is 5.90 Å². The zero-order valence-corrected chi connectivity index (χ0v) is 14.7. The summed E-state index contributed by atoms with van der Waals surface area (Å²) in [7, 11) is 3.14. The Labute approximate surface area is 147 Å². The smallest absolute Gasteiger partial charge is 0.363 e. The zero-order chi connectivity index (χ0) is 17.1. The van der Waals surface area contributed by atoms with Gasteiger partial charge in [-0.2, -0.15) is 0 Å². The summed E-state index contributed by atoms with van der Waals surface area (Å²) in [6.07, 6.45) is 1.62. The topological polar surface area (TPSA) is 57.1 Å². The number of ether oxygens (including phenoxy) is 3. The average molecular weight is 388 g/mol. The highest BCUT2D eigenvalue weighted by molar-refractivity contribution is 9.10. The molecule has 0 N–H and O–H groups in total. The Kier molecular flexibility index (Phi) is 4.66. The van der Waals surface area contributed by atoms with Crippen molar-refractivity contribution < 1.29 is 19.0 Å². The second-order valence-electron chi connectivity index (χ2n) is 4.95. The monoisotopic (exact) mass is 387 g/mol. The number of halogens is 1. The van der Waals surface area contributed by atoms with Gasteiger partial charge in [-0.25, -0.2) is 9.79 Å². The third-order valence-electron chi connectivity index (χ3n) is 3.44. The number of benzene rings is 2. The van der Waals surface area contributed by atoms with Crippen LogP contribution in [-0.2, 0) is 9.53 Å². The number of rotatable bonds is 4. The van der Waals surface area contributed by atoms with Crippen molar-refractivity contribution in [2.75, 3.05) is 14.2 Å². The minimum atomic E-state index is -0.502. The van der Waals surface area contributed by atoms with E-state index in [2.05, 4.69) is 20.9 Å². The van der Waals surface area contributed by atoms with Gasteiger partial charge in [0.25, 0.3) is 0 Å². The highest BCUT2D eigenvalue weighted by atomic mass is 79.9. The first-order valence-corrected chi connectivity index (χ1v) is 7.90. The zero-order valence-electron chi connectivity index (χ0n) is 13.1. The number of hydrogen-bond acceptors (Lipinski definition) is 5. The number of cyclic esters (lactones) is 1. The lowest BCUT2D eigenvalue weighted by atomic mass is 10.1. The Bertz CT molecular complexity index is 841. The van der Waals surface area contributed by atoms with Crippen molar-refractivity contribution >= 4 is 33.9 Å². The lowest BCUT2D eigenvalue weighted by Crippen LogP contribution is -2.05. The highest BCUT2D eigenvalue weighted by Gasteiger charge is 2.24. The first kappa shape index (κ1) is 16.3. The van der Waals surface area contributed by atoms with Crippen LogP contribution >= 0.6 is 15.9 Å². The number of esters is 1. The van der Waals surface area contributed by atoms with Crippen LogP contribution in [-0.4, -0.2) is 26.1 Å². The summed E-state index contributed by atoms with van der Waals surface area (Å²) in [6.45, 7) is 0. The van der Waals surface area contributed by atoms with Gasteiger partial charge >= 0.3 is 5.97 Å². The molecular formula is C18H14BrNO4. The Morgan fingerprint density at radius 2 is 1.83 bits per heavy atom. The van der Waals surface area contributed by atoms with Gasteiger partial charge in [-0.15, -0.1) is 0 Å². The summed E-state index contributed by atoms with van der Waals surface area (Å²) in [5.41, 5.74) is 1.62. The molecule has 0 saturated heterocycles. The molecule has 1 heterocycles. The molecule has 0 fully saturated rings. The molecule has 0 radical (unpaired) electrons. The van der Waals surface area contributed by atoms with Gasteiger partial charge in [0.15, 0.2) is 5.70 Å². The van der Waals surface area contributed by atoms with Gasteiger partial charge in [-0.1, -0.05) is 15.9 Å². The summed E-state index contributed by atoms with van der Waals surface area (Å²) >= 11 is 3.37. The second kappa shape index (κ2) is 6.88. The highest BCUT2D eigenvalue weighted by Crippen LogP contribution is 2.28. The first-order valence-electron chi connectivity index (χ1n) is 7.11. The largest absolute Gasteiger partial charge is 0.497 e. The molecule has 3 rings (SSSR count). The summed E-state index contributed by atoms with van der Waals surface area (Å²) < 4.78 is 16.7. The molecule has 0 aliphatic carbocycles. The molecule has 0 spiro atoms. The van der Waals surface area contributed by atoms with Crippen molar-refractivity contribution in [3.05, 3.63) is 63.8 Å². The molecule has 0 saturated carbocycles. The molecule has 24 heavy (non-hydrogen) atoms. The Morgan fingerprint density at radius 1 is 1.08 bits per heavy atom. The number of aliphatic imine (C=N–C) groups is 1. The van der Waals surface area contributed by atoms with Crippen LogP contribution in [0.15, 0.2) is 57.6 Å². The first-order chi connectivity index (χ1) is 11.6. The van der Waals surface area contributed by atoms with Crippen molar-refractivity contribution in [1.29, 1.82) is 0 Å². The number of carbonyl (C=O) groups is 1. The van der Waals surface area contributed by atoms with Gasteiger partial charge in [0.05, 0.1) is 14.2 Å². The maximum atomic E-state index is 12.1. The van der Waals surface area contributed by atoms with E-state index < -0.39 is 5.97 Å². The lowest BCUT2D eigenvalue weighted by Gasteiger charge is -2.07. The molecule has 1 aliphatic heterocycles. The van der Waals surface area contributed by atoms with Crippen LogP contribution in [0.25, 0.3) is 6.08 Å². The average Bonchev–Trinajstić information content (AvgIpc) is 2.96. The van der Waals surface area contributed by atoms with Gasteiger partial charge < -0.3 is 14.2 Å². The van der Waals surface area contributed by atoms with Crippen molar-refractivity contribution in [3.8, 4) is 11.5 Å². The van der Waals surface area contributed by atoms with Crippen molar-refractivity contribution in [1.82, 2.24) is 0 Å². The van der Waals surface area contributed by atoms with E-state index in [1.165, 1.54) is 0 Å². The molecule has 0 atom stereocenters. The van der Waals surface area contributed by atoms with Gasteiger partial charge in [-0.3, -0.25) is 0 Å².